The maximum Gasteiger partial charge on any atom is 0.175 e. The topological polar surface area (TPSA) is 69.0 Å². The fourth-order valence-corrected chi connectivity index (χ4v) is 2.87. The number of rotatable bonds is 4. The second kappa shape index (κ2) is 5.61. The molecule has 2 rings (SSSR count). The second-order valence-corrected chi connectivity index (χ2v) is 7.26. The molecule has 0 spiro atoms. The van der Waals surface area contributed by atoms with Crippen molar-refractivity contribution in [2.75, 3.05) is 6.26 Å². The molecule has 0 aliphatic rings. The van der Waals surface area contributed by atoms with E-state index < -0.39 is 9.84 Å². The Morgan fingerprint density at radius 1 is 1.29 bits per heavy atom. The number of carbonyl (C=O) groups excluding carboxylic acids is 1. The highest BCUT2D eigenvalue weighted by Crippen LogP contribution is 2.21. The number of aromatic nitrogens is 2. The van der Waals surface area contributed by atoms with Gasteiger partial charge in [0, 0.05) is 18.9 Å². The van der Waals surface area contributed by atoms with E-state index in [4.69, 9.17) is 11.6 Å². The summed E-state index contributed by atoms with van der Waals surface area (Å²) in [5, 5.41) is 4.64. The normalized spacial score (nSPS) is 11.6. The number of Topliss-reactive ketones (excluding diaryl/α,β-unsaturated/α-hetero) is 1. The van der Waals surface area contributed by atoms with Gasteiger partial charge in [0.1, 0.15) is 0 Å². The van der Waals surface area contributed by atoms with Crippen LogP contribution in [0.1, 0.15) is 21.7 Å². The van der Waals surface area contributed by atoms with Crippen LogP contribution in [0.2, 0.25) is 5.02 Å². The first-order valence-corrected chi connectivity index (χ1v) is 8.48. The van der Waals surface area contributed by atoms with Gasteiger partial charge in [-0.1, -0.05) is 23.7 Å². The van der Waals surface area contributed by atoms with Gasteiger partial charge in [-0.2, -0.15) is 5.10 Å². The Morgan fingerprint density at radius 3 is 2.29 bits per heavy atom. The van der Waals surface area contributed by atoms with E-state index in [0.29, 0.717) is 22.0 Å². The molecule has 0 amide bonds. The Morgan fingerprint density at radius 2 is 1.86 bits per heavy atom. The first-order valence-electron chi connectivity index (χ1n) is 6.21. The highest BCUT2D eigenvalue weighted by Gasteiger charge is 2.16. The number of sulfone groups is 1. The van der Waals surface area contributed by atoms with Crippen molar-refractivity contribution in [2.24, 2.45) is 7.05 Å². The van der Waals surface area contributed by atoms with Gasteiger partial charge in [-0.3, -0.25) is 9.48 Å². The molecule has 7 heteroatoms. The van der Waals surface area contributed by atoms with Crippen LogP contribution < -0.4 is 0 Å². The molecule has 1 heterocycles. The summed E-state index contributed by atoms with van der Waals surface area (Å²) in [5.74, 6) is -0.139. The Labute approximate surface area is 128 Å². The van der Waals surface area contributed by atoms with E-state index >= 15 is 0 Å². The lowest BCUT2D eigenvalue weighted by Gasteiger charge is -2.04. The van der Waals surface area contributed by atoms with Crippen LogP contribution in [0.4, 0.5) is 0 Å². The average Bonchev–Trinajstić information content (AvgIpc) is 2.64. The van der Waals surface area contributed by atoms with Crippen LogP contribution in [0.3, 0.4) is 0 Å². The zero-order chi connectivity index (χ0) is 15.8. The average molecular weight is 327 g/mol. The molecule has 0 aliphatic heterocycles. The molecule has 0 atom stereocenters. The van der Waals surface area contributed by atoms with Crippen LogP contribution >= 0.6 is 11.6 Å². The van der Waals surface area contributed by atoms with Gasteiger partial charge >= 0.3 is 0 Å². The van der Waals surface area contributed by atoms with Gasteiger partial charge < -0.3 is 0 Å². The number of hydrogen-bond donors (Lipinski definition) is 0. The van der Waals surface area contributed by atoms with Gasteiger partial charge in [0.15, 0.2) is 15.6 Å². The quantitative estimate of drug-likeness (QED) is 0.808. The third-order valence-electron chi connectivity index (χ3n) is 3.19. The van der Waals surface area contributed by atoms with Crippen molar-refractivity contribution in [3.05, 3.63) is 46.2 Å². The summed E-state index contributed by atoms with van der Waals surface area (Å²) in [7, 11) is -1.53. The number of ketones is 1. The lowest BCUT2D eigenvalue weighted by Crippen LogP contribution is -2.08. The minimum atomic E-state index is -3.26. The SMILES string of the molecule is Cc1nn(C)c(CC(=O)c2ccc(S(C)(=O)=O)cc2)c1Cl. The first kappa shape index (κ1) is 15.7. The number of carbonyl (C=O) groups is 1. The lowest BCUT2D eigenvalue weighted by atomic mass is 10.1. The van der Waals surface area contributed by atoms with E-state index in [9.17, 15) is 13.2 Å². The molecular formula is C14H15ClN2O3S. The molecule has 0 fully saturated rings. The molecule has 0 N–H and O–H groups in total. The Bertz CT molecular complexity index is 792. The minimum absolute atomic E-state index is 0.119. The van der Waals surface area contributed by atoms with Crippen molar-refractivity contribution in [1.82, 2.24) is 9.78 Å². The Hall–Kier alpha value is -1.66. The molecule has 0 bridgehead atoms. The highest BCUT2D eigenvalue weighted by molar-refractivity contribution is 7.90. The summed E-state index contributed by atoms with van der Waals surface area (Å²) >= 11 is 6.12. The van der Waals surface area contributed by atoms with Crippen LogP contribution in [0.25, 0.3) is 0 Å². The van der Waals surface area contributed by atoms with Crippen LogP contribution in [0, 0.1) is 6.92 Å². The summed E-state index contributed by atoms with van der Waals surface area (Å²) in [6.07, 6.45) is 1.25. The van der Waals surface area contributed by atoms with E-state index in [1.807, 2.05) is 0 Å². The predicted octanol–water partition coefficient (Wildman–Crippen LogP) is 2.21. The van der Waals surface area contributed by atoms with E-state index in [-0.39, 0.29) is 17.1 Å². The standard InChI is InChI=1S/C14H15ClN2O3S/c1-9-14(15)12(17(2)16-9)8-13(18)10-4-6-11(7-5-10)21(3,19)20/h4-7H,8H2,1-3H3. The number of aryl methyl sites for hydroxylation is 2. The van der Waals surface area contributed by atoms with Crippen molar-refractivity contribution >= 4 is 27.2 Å². The third kappa shape index (κ3) is 3.33. The van der Waals surface area contributed by atoms with E-state index in [1.54, 1.807) is 18.7 Å². The summed E-state index contributed by atoms with van der Waals surface area (Å²) in [6, 6.07) is 5.88. The summed E-state index contributed by atoms with van der Waals surface area (Å²) in [4.78, 5) is 12.4. The monoisotopic (exact) mass is 326 g/mol. The van der Waals surface area contributed by atoms with Crippen molar-refractivity contribution in [2.45, 2.75) is 18.2 Å². The van der Waals surface area contributed by atoms with Crippen LogP contribution in [-0.2, 0) is 23.3 Å². The fourth-order valence-electron chi connectivity index (χ4n) is 2.01. The maximum atomic E-state index is 12.2. The number of nitrogens with zero attached hydrogens (tertiary/aromatic N) is 2. The molecule has 0 saturated carbocycles. The van der Waals surface area contributed by atoms with Gasteiger partial charge in [-0.15, -0.1) is 0 Å². The summed E-state index contributed by atoms with van der Waals surface area (Å²) < 4.78 is 24.4. The van der Waals surface area contributed by atoms with Gasteiger partial charge in [0.05, 0.1) is 27.7 Å². The molecule has 0 aliphatic carbocycles. The van der Waals surface area contributed by atoms with Crippen molar-refractivity contribution in [3.63, 3.8) is 0 Å². The van der Waals surface area contributed by atoms with E-state index in [2.05, 4.69) is 5.10 Å². The molecular weight excluding hydrogens is 312 g/mol. The van der Waals surface area contributed by atoms with Gasteiger partial charge in [0.25, 0.3) is 0 Å². The van der Waals surface area contributed by atoms with Gasteiger partial charge in [-0.05, 0) is 19.1 Å². The number of benzene rings is 1. The molecule has 2 aromatic rings. The first-order chi connectivity index (χ1) is 9.70. The third-order valence-corrected chi connectivity index (χ3v) is 4.81. The van der Waals surface area contributed by atoms with Crippen LogP contribution in [0.5, 0.6) is 0 Å². The van der Waals surface area contributed by atoms with Crippen molar-refractivity contribution in [1.29, 1.82) is 0 Å². The minimum Gasteiger partial charge on any atom is -0.294 e. The molecule has 0 radical (unpaired) electrons. The van der Waals surface area contributed by atoms with Crippen LogP contribution in [0.15, 0.2) is 29.2 Å². The lowest BCUT2D eigenvalue weighted by molar-refractivity contribution is 0.0990. The van der Waals surface area contributed by atoms with Gasteiger partial charge in [0.2, 0.25) is 0 Å². The molecule has 1 aromatic carbocycles. The summed E-state index contributed by atoms with van der Waals surface area (Å²) in [6.45, 7) is 1.78. The molecule has 1 aromatic heterocycles. The molecule has 5 nitrogen and oxygen atoms in total. The fraction of sp³-hybridized carbons (Fsp3) is 0.286. The number of halogens is 1. The smallest absolute Gasteiger partial charge is 0.175 e. The molecule has 112 valence electrons. The van der Waals surface area contributed by atoms with Crippen LogP contribution in [-0.4, -0.2) is 30.2 Å². The molecule has 0 saturated heterocycles. The van der Waals surface area contributed by atoms with Crippen molar-refractivity contribution in [3.8, 4) is 0 Å². The highest BCUT2D eigenvalue weighted by atomic mass is 35.5. The van der Waals surface area contributed by atoms with Gasteiger partial charge in [-0.25, -0.2) is 8.42 Å². The number of hydrogen-bond acceptors (Lipinski definition) is 4. The van der Waals surface area contributed by atoms with E-state index in [0.717, 1.165) is 6.26 Å². The maximum absolute atomic E-state index is 12.2. The predicted molar refractivity (Wildman–Crippen MR) is 80.5 cm³/mol. The largest absolute Gasteiger partial charge is 0.294 e. The van der Waals surface area contributed by atoms with E-state index in [1.165, 1.54) is 24.3 Å². The second-order valence-electron chi connectivity index (χ2n) is 4.87. The molecule has 21 heavy (non-hydrogen) atoms. The zero-order valence-corrected chi connectivity index (χ0v) is 13.5. The zero-order valence-electron chi connectivity index (χ0n) is 11.9. The summed E-state index contributed by atoms with van der Waals surface area (Å²) in [5.41, 5.74) is 1.76. The Balaban J connectivity index is 2.25. The Kier molecular flexibility index (Phi) is 4.20. The molecule has 0 unspecified atom stereocenters. The van der Waals surface area contributed by atoms with Crippen molar-refractivity contribution < 1.29 is 13.2 Å².